The van der Waals surface area contributed by atoms with E-state index in [-0.39, 0.29) is 35.4 Å². The number of alkyl halides is 3. The molecule has 2 aromatic carbocycles. The zero-order valence-electron chi connectivity index (χ0n) is 20.2. The number of H-pyrrole nitrogens is 1. The van der Waals surface area contributed by atoms with Crippen molar-refractivity contribution in [2.24, 2.45) is 0 Å². The second-order valence-electron chi connectivity index (χ2n) is 8.88. The Kier molecular flexibility index (Phi) is 7.94. The molecule has 38 heavy (non-hydrogen) atoms. The van der Waals surface area contributed by atoms with Crippen LogP contribution >= 0.6 is 7.75 Å². The van der Waals surface area contributed by atoms with Crippen LogP contribution in [-0.2, 0) is 26.8 Å². The summed E-state index contributed by atoms with van der Waals surface area (Å²) in [4.78, 5) is 32.9. The van der Waals surface area contributed by atoms with Crippen molar-refractivity contribution in [3.8, 4) is 0 Å². The van der Waals surface area contributed by atoms with Crippen molar-refractivity contribution < 1.29 is 41.4 Å². The molecule has 206 valence electrons. The van der Waals surface area contributed by atoms with Gasteiger partial charge >= 0.3 is 19.6 Å². The summed E-state index contributed by atoms with van der Waals surface area (Å²) in [6.45, 7) is 3.17. The summed E-state index contributed by atoms with van der Waals surface area (Å²) in [6, 6.07) is 8.15. The minimum atomic E-state index is -5.03. The van der Waals surface area contributed by atoms with Gasteiger partial charge < -0.3 is 19.3 Å². The Hall–Kier alpha value is -2.87. The monoisotopic (exact) mass is 560 g/mol. The van der Waals surface area contributed by atoms with Gasteiger partial charge in [0.2, 0.25) is 0 Å². The minimum absolute atomic E-state index is 0.0846. The number of morpholine rings is 1. The van der Waals surface area contributed by atoms with Crippen LogP contribution in [0, 0.1) is 12.7 Å². The highest BCUT2D eigenvalue weighted by Crippen LogP contribution is 2.39. The van der Waals surface area contributed by atoms with Crippen molar-refractivity contribution in [1.29, 1.82) is 0 Å². The number of nitrogens with zero attached hydrogens (tertiary/aromatic N) is 3. The third-order valence-corrected chi connectivity index (χ3v) is 7.01. The molecule has 1 aliphatic heterocycles. The number of nitrogens with one attached hydrogen (secondary N) is 1. The summed E-state index contributed by atoms with van der Waals surface area (Å²) in [6.07, 6.45) is -6.48. The van der Waals surface area contributed by atoms with E-state index in [9.17, 15) is 36.7 Å². The van der Waals surface area contributed by atoms with E-state index in [2.05, 4.69) is 5.10 Å². The number of rotatable bonds is 7. The van der Waals surface area contributed by atoms with Crippen LogP contribution < -0.4 is 5.69 Å². The second-order valence-corrected chi connectivity index (χ2v) is 10.3. The molecule has 3 atom stereocenters. The van der Waals surface area contributed by atoms with Crippen molar-refractivity contribution in [3.05, 3.63) is 86.8 Å². The fourth-order valence-corrected chi connectivity index (χ4v) is 5.07. The van der Waals surface area contributed by atoms with Crippen LogP contribution in [-0.4, -0.2) is 48.7 Å². The summed E-state index contributed by atoms with van der Waals surface area (Å²) in [5.41, 5.74) is -0.761. The average Bonchev–Trinajstić information content (AvgIpc) is 3.19. The van der Waals surface area contributed by atoms with Gasteiger partial charge in [0.05, 0.1) is 30.9 Å². The van der Waals surface area contributed by atoms with Crippen LogP contribution in [0.15, 0.2) is 47.3 Å². The van der Waals surface area contributed by atoms with Gasteiger partial charge in [-0.3, -0.25) is 4.90 Å². The number of halogens is 4. The van der Waals surface area contributed by atoms with E-state index in [1.807, 2.05) is 5.10 Å². The fourth-order valence-electron chi connectivity index (χ4n) is 4.38. The van der Waals surface area contributed by atoms with Crippen LogP contribution in [0.4, 0.5) is 17.6 Å². The standard InChI is InChI=1S/C23H25F4N4O6P/c1-13-9-16(11-17(10-13)23(25,26)27)14(2)37-21-20(15-3-5-18(24)6-4-15)30(7-8-36-21)12-19-28-29-22(32)31(19)38(33,34)35/h3-6,9-11,14,20-21H,7-8,12H2,1-2H3,(H,29,32)(H2,33,34,35)/t14-,20+,21-/m1/s1. The van der Waals surface area contributed by atoms with Gasteiger partial charge in [0.15, 0.2) is 12.1 Å². The van der Waals surface area contributed by atoms with E-state index in [1.165, 1.54) is 31.2 Å². The molecular weight excluding hydrogens is 535 g/mol. The lowest BCUT2D eigenvalue weighted by Gasteiger charge is -2.41. The number of aromatic nitrogens is 3. The largest absolute Gasteiger partial charge is 0.439 e. The third kappa shape index (κ3) is 6.22. The summed E-state index contributed by atoms with van der Waals surface area (Å²) in [5, 5.41) is 5.76. The Morgan fingerprint density at radius 3 is 2.55 bits per heavy atom. The first-order valence-electron chi connectivity index (χ1n) is 11.4. The minimum Gasteiger partial charge on any atom is -0.349 e. The maximum absolute atomic E-state index is 13.7. The SMILES string of the molecule is Cc1cc([C@@H](C)O[C@H]2OCCN(Cc3n[nH]c(=O)n3P(=O)(O)O)[C@H]2c2ccc(F)cc2)cc(C(F)(F)F)c1. The number of benzene rings is 2. The number of hydrogen-bond donors (Lipinski definition) is 3. The van der Waals surface area contributed by atoms with Gasteiger partial charge in [-0.25, -0.2) is 18.8 Å². The molecule has 1 saturated heterocycles. The molecule has 3 N–H and O–H groups in total. The van der Waals surface area contributed by atoms with E-state index >= 15 is 0 Å². The highest BCUT2D eigenvalue weighted by molar-refractivity contribution is 7.50. The van der Waals surface area contributed by atoms with Crippen molar-refractivity contribution in [3.63, 3.8) is 0 Å². The van der Waals surface area contributed by atoms with Crippen LogP contribution in [0.25, 0.3) is 0 Å². The van der Waals surface area contributed by atoms with E-state index in [4.69, 9.17) is 9.47 Å². The van der Waals surface area contributed by atoms with E-state index in [0.717, 1.165) is 12.1 Å². The summed E-state index contributed by atoms with van der Waals surface area (Å²) < 4.78 is 77.8. The Morgan fingerprint density at radius 2 is 1.92 bits per heavy atom. The summed E-state index contributed by atoms with van der Waals surface area (Å²) in [5.74, 6) is -0.761. The van der Waals surface area contributed by atoms with Gasteiger partial charge in [-0.1, -0.05) is 23.8 Å². The number of aryl methyl sites for hydroxylation is 1. The van der Waals surface area contributed by atoms with Crippen LogP contribution in [0.2, 0.25) is 0 Å². The predicted octanol–water partition coefficient (Wildman–Crippen LogP) is 3.66. The molecule has 0 spiro atoms. The zero-order chi connectivity index (χ0) is 27.8. The van der Waals surface area contributed by atoms with Crippen molar-refractivity contribution >= 4 is 7.75 Å². The smallest absolute Gasteiger partial charge is 0.349 e. The molecule has 0 aliphatic carbocycles. The van der Waals surface area contributed by atoms with Gasteiger partial charge in [-0.15, -0.1) is 0 Å². The number of ether oxygens (including phenoxy) is 2. The number of aromatic amines is 1. The summed E-state index contributed by atoms with van der Waals surface area (Å²) in [7, 11) is -5.03. The first-order valence-corrected chi connectivity index (χ1v) is 13.0. The predicted molar refractivity (Wildman–Crippen MR) is 125 cm³/mol. The third-order valence-electron chi connectivity index (χ3n) is 6.08. The highest BCUT2D eigenvalue weighted by Gasteiger charge is 2.38. The lowest BCUT2D eigenvalue weighted by atomic mass is 10.0. The first kappa shape index (κ1) is 28.1. The Balaban J connectivity index is 1.68. The molecule has 0 saturated carbocycles. The topological polar surface area (TPSA) is 130 Å². The van der Waals surface area contributed by atoms with Crippen LogP contribution in [0.5, 0.6) is 0 Å². The van der Waals surface area contributed by atoms with E-state index < -0.39 is 49.4 Å². The van der Waals surface area contributed by atoms with E-state index in [0.29, 0.717) is 11.1 Å². The van der Waals surface area contributed by atoms with Gasteiger partial charge in [-0.05, 0) is 49.2 Å². The Labute approximate surface area is 214 Å². The quantitative estimate of drug-likeness (QED) is 0.295. The maximum atomic E-state index is 13.7. The van der Waals surface area contributed by atoms with Crippen LogP contribution in [0.1, 0.15) is 47.1 Å². The van der Waals surface area contributed by atoms with Crippen molar-refractivity contribution in [2.75, 3.05) is 13.2 Å². The molecule has 1 aliphatic rings. The first-order chi connectivity index (χ1) is 17.7. The fraction of sp³-hybridized carbons (Fsp3) is 0.391. The molecule has 4 rings (SSSR count). The molecule has 0 bridgehead atoms. The molecule has 0 unspecified atom stereocenters. The normalized spacial score (nSPS) is 20.0. The second kappa shape index (κ2) is 10.7. The molecule has 0 amide bonds. The Morgan fingerprint density at radius 1 is 1.24 bits per heavy atom. The molecule has 1 fully saturated rings. The Bertz CT molecular complexity index is 1390. The molecule has 0 radical (unpaired) electrons. The molecule has 10 nitrogen and oxygen atoms in total. The van der Waals surface area contributed by atoms with Crippen molar-refractivity contribution in [2.45, 2.75) is 45.0 Å². The van der Waals surface area contributed by atoms with Gasteiger partial charge in [0.1, 0.15) is 5.82 Å². The molecular formula is C23H25F4N4O6P. The van der Waals surface area contributed by atoms with Gasteiger partial charge in [0.25, 0.3) is 0 Å². The van der Waals surface area contributed by atoms with E-state index in [1.54, 1.807) is 17.9 Å². The average molecular weight is 560 g/mol. The molecule has 1 aromatic heterocycles. The highest BCUT2D eigenvalue weighted by atomic mass is 31.2. The summed E-state index contributed by atoms with van der Waals surface area (Å²) >= 11 is 0. The van der Waals surface area contributed by atoms with Crippen molar-refractivity contribution in [1.82, 2.24) is 19.4 Å². The lowest BCUT2D eigenvalue weighted by Crippen LogP contribution is -2.46. The maximum Gasteiger partial charge on any atom is 0.439 e. The zero-order valence-corrected chi connectivity index (χ0v) is 21.1. The molecule has 15 heteroatoms. The molecule has 3 aromatic rings. The van der Waals surface area contributed by atoms with Gasteiger partial charge in [0, 0.05) is 6.54 Å². The van der Waals surface area contributed by atoms with Crippen LogP contribution in [0.3, 0.4) is 0 Å². The van der Waals surface area contributed by atoms with Gasteiger partial charge in [-0.2, -0.15) is 22.6 Å². The lowest BCUT2D eigenvalue weighted by molar-refractivity contribution is -0.231. The number of hydrogen-bond acceptors (Lipinski definition) is 6. The molecule has 2 heterocycles.